The minimum absolute atomic E-state index is 0.0492. The third-order valence-corrected chi connectivity index (χ3v) is 3.45. The van der Waals surface area contributed by atoms with Gasteiger partial charge in [0.05, 0.1) is 19.1 Å². The average molecular weight is 313 g/mol. The van der Waals surface area contributed by atoms with Crippen molar-refractivity contribution in [2.75, 3.05) is 13.2 Å². The molecule has 2 aromatic rings. The lowest BCUT2D eigenvalue weighted by Gasteiger charge is -2.12. The molecule has 0 aromatic heterocycles. The Labute approximate surface area is 137 Å². The van der Waals surface area contributed by atoms with Crippen molar-refractivity contribution in [1.29, 1.82) is 0 Å². The molecule has 0 saturated carbocycles. The molecular formula is C19H23NO3. The van der Waals surface area contributed by atoms with Gasteiger partial charge in [0.1, 0.15) is 12.4 Å². The van der Waals surface area contributed by atoms with E-state index in [4.69, 9.17) is 4.74 Å². The molecule has 0 aliphatic rings. The predicted molar refractivity (Wildman–Crippen MR) is 90.4 cm³/mol. The first-order valence-electron chi connectivity index (χ1n) is 7.75. The van der Waals surface area contributed by atoms with E-state index in [0.717, 1.165) is 22.4 Å². The highest BCUT2D eigenvalue weighted by Gasteiger charge is 2.12. The molecule has 2 rings (SSSR count). The standard InChI is InChI=1S/C19H23NO3/c1-14-10-15(2)12-17(11-14)23-9-8-20-19(22)13-18(21)16-6-4-3-5-7-16/h3-7,10-12,18,21H,8-9,13H2,1-2H3,(H,20,22). The van der Waals surface area contributed by atoms with E-state index in [1.165, 1.54) is 0 Å². The van der Waals surface area contributed by atoms with Crippen molar-refractivity contribution >= 4 is 5.91 Å². The van der Waals surface area contributed by atoms with Gasteiger partial charge >= 0.3 is 0 Å². The first kappa shape index (κ1) is 17.0. The Balaban J connectivity index is 1.70. The van der Waals surface area contributed by atoms with Crippen molar-refractivity contribution in [2.45, 2.75) is 26.4 Å². The molecule has 0 spiro atoms. The maximum Gasteiger partial charge on any atom is 0.223 e. The van der Waals surface area contributed by atoms with E-state index in [1.807, 2.05) is 44.2 Å². The molecule has 2 aromatic carbocycles. The van der Waals surface area contributed by atoms with Gasteiger partial charge in [0.15, 0.2) is 0 Å². The lowest BCUT2D eigenvalue weighted by Crippen LogP contribution is -2.29. The van der Waals surface area contributed by atoms with Crippen molar-refractivity contribution in [3.63, 3.8) is 0 Å². The summed E-state index contributed by atoms with van der Waals surface area (Å²) in [6.45, 7) is 4.85. The van der Waals surface area contributed by atoms with E-state index in [-0.39, 0.29) is 12.3 Å². The smallest absolute Gasteiger partial charge is 0.223 e. The summed E-state index contributed by atoms with van der Waals surface area (Å²) < 4.78 is 5.63. The van der Waals surface area contributed by atoms with Crippen molar-refractivity contribution in [3.8, 4) is 5.75 Å². The Bertz CT molecular complexity index is 620. The fourth-order valence-corrected chi connectivity index (χ4v) is 2.42. The minimum atomic E-state index is -0.781. The number of hydrogen-bond donors (Lipinski definition) is 2. The first-order valence-corrected chi connectivity index (χ1v) is 7.75. The molecule has 0 aliphatic heterocycles. The lowest BCUT2D eigenvalue weighted by atomic mass is 10.1. The average Bonchev–Trinajstić information content (AvgIpc) is 2.51. The van der Waals surface area contributed by atoms with Gasteiger partial charge in [-0.2, -0.15) is 0 Å². The van der Waals surface area contributed by atoms with E-state index in [9.17, 15) is 9.90 Å². The molecule has 0 fully saturated rings. The van der Waals surface area contributed by atoms with Crippen molar-refractivity contribution in [2.24, 2.45) is 0 Å². The summed E-state index contributed by atoms with van der Waals surface area (Å²) >= 11 is 0. The van der Waals surface area contributed by atoms with Crippen LogP contribution in [0.25, 0.3) is 0 Å². The van der Waals surface area contributed by atoms with Crippen LogP contribution in [0.1, 0.15) is 29.2 Å². The highest BCUT2D eigenvalue weighted by molar-refractivity contribution is 5.76. The summed E-state index contributed by atoms with van der Waals surface area (Å²) in [4.78, 5) is 11.8. The molecule has 1 amide bonds. The van der Waals surface area contributed by atoms with Crippen LogP contribution in [0.15, 0.2) is 48.5 Å². The molecule has 23 heavy (non-hydrogen) atoms. The zero-order valence-corrected chi connectivity index (χ0v) is 13.6. The normalized spacial score (nSPS) is 11.8. The van der Waals surface area contributed by atoms with Gasteiger partial charge < -0.3 is 15.2 Å². The summed E-state index contributed by atoms with van der Waals surface area (Å²) in [5.74, 6) is 0.617. The number of benzene rings is 2. The molecule has 0 bridgehead atoms. The van der Waals surface area contributed by atoms with Gasteiger partial charge in [-0.15, -0.1) is 0 Å². The third-order valence-electron chi connectivity index (χ3n) is 3.45. The number of ether oxygens (including phenoxy) is 1. The molecule has 122 valence electrons. The van der Waals surface area contributed by atoms with Gasteiger partial charge in [-0.1, -0.05) is 36.4 Å². The molecule has 1 unspecified atom stereocenters. The Morgan fingerprint density at radius 1 is 1.13 bits per heavy atom. The van der Waals surface area contributed by atoms with Crippen LogP contribution < -0.4 is 10.1 Å². The number of hydrogen-bond acceptors (Lipinski definition) is 3. The molecule has 0 aliphatic carbocycles. The summed E-state index contributed by atoms with van der Waals surface area (Å²) in [5, 5.41) is 12.8. The fourth-order valence-electron chi connectivity index (χ4n) is 2.42. The van der Waals surface area contributed by atoms with Crippen LogP contribution in [-0.4, -0.2) is 24.2 Å². The van der Waals surface area contributed by atoms with E-state index >= 15 is 0 Å². The van der Waals surface area contributed by atoms with Crippen LogP contribution in [-0.2, 0) is 4.79 Å². The Morgan fingerprint density at radius 2 is 1.78 bits per heavy atom. The Hall–Kier alpha value is -2.33. The maximum atomic E-state index is 11.8. The van der Waals surface area contributed by atoms with Gasteiger partial charge in [0.2, 0.25) is 5.91 Å². The second-order valence-corrected chi connectivity index (χ2v) is 5.65. The van der Waals surface area contributed by atoms with E-state index in [2.05, 4.69) is 11.4 Å². The van der Waals surface area contributed by atoms with Gasteiger partial charge in [0, 0.05) is 0 Å². The number of aliphatic hydroxyl groups is 1. The molecule has 1 atom stereocenters. The zero-order chi connectivity index (χ0) is 16.7. The molecule has 4 nitrogen and oxygen atoms in total. The van der Waals surface area contributed by atoms with Gasteiger partial charge in [-0.05, 0) is 42.7 Å². The first-order chi connectivity index (χ1) is 11.0. The van der Waals surface area contributed by atoms with Crippen molar-refractivity contribution in [3.05, 3.63) is 65.2 Å². The van der Waals surface area contributed by atoms with Gasteiger partial charge in [-0.3, -0.25) is 4.79 Å². The topological polar surface area (TPSA) is 58.6 Å². The maximum absolute atomic E-state index is 11.8. The predicted octanol–water partition coefficient (Wildman–Crippen LogP) is 2.92. The number of carbonyl (C=O) groups is 1. The van der Waals surface area contributed by atoms with Crippen LogP contribution in [0.5, 0.6) is 5.75 Å². The van der Waals surface area contributed by atoms with Crippen LogP contribution >= 0.6 is 0 Å². The molecule has 0 saturated heterocycles. The SMILES string of the molecule is Cc1cc(C)cc(OCCNC(=O)CC(O)c2ccccc2)c1. The summed E-state index contributed by atoms with van der Waals surface area (Å²) in [7, 11) is 0. The number of rotatable bonds is 7. The van der Waals surface area contributed by atoms with E-state index in [1.54, 1.807) is 12.1 Å². The van der Waals surface area contributed by atoms with E-state index < -0.39 is 6.10 Å². The number of aliphatic hydroxyl groups excluding tert-OH is 1. The quantitative estimate of drug-likeness (QED) is 0.773. The number of nitrogens with one attached hydrogen (secondary N) is 1. The molecule has 0 radical (unpaired) electrons. The largest absolute Gasteiger partial charge is 0.492 e. The Kier molecular flexibility index (Phi) is 6.18. The van der Waals surface area contributed by atoms with Crippen LogP contribution in [0.4, 0.5) is 0 Å². The summed E-state index contributed by atoms with van der Waals surface area (Å²) in [6.07, 6.45) is -0.732. The lowest BCUT2D eigenvalue weighted by molar-refractivity contribution is -0.123. The molecule has 0 heterocycles. The second-order valence-electron chi connectivity index (χ2n) is 5.65. The second kappa shape index (κ2) is 8.34. The number of carbonyl (C=O) groups excluding carboxylic acids is 1. The van der Waals surface area contributed by atoms with Crippen LogP contribution in [0.2, 0.25) is 0 Å². The third kappa shape index (κ3) is 5.75. The molecule has 2 N–H and O–H groups in total. The van der Waals surface area contributed by atoms with Gasteiger partial charge in [0.25, 0.3) is 0 Å². The highest BCUT2D eigenvalue weighted by Crippen LogP contribution is 2.16. The number of aryl methyl sites for hydroxylation is 2. The van der Waals surface area contributed by atoms with E-state index in [0.29, 0.717) is 13.2 Å². The summed E-state index contributed by atoms with van der Waals surface area (Å²) in [6, 6.07) is 15.2. The summed E-state index contributed by atoms with van der Waals surface area (Å²) in [5.41, 5.74) is 3.04. The fraction of sp³-hybridized carbons (Fsp3) is 0.316. The van der Waals surface area contributed by atoms with Crippen molar-refractivity contribution in [1.82, 2.24) is 5.32 Å². The Morgan fingerprint density at radius 3 is 2.43 bits per heavy atom. The van der Waals surface area contributed by atoms with Gasteiger partial charge in [-0.25, -0.2) is 0 Å². The van der Waals surface area contributed by atoms with Crippen molar-refractivity contribution < 1.29 is 14.6 Å². The highest BCUT2D eigenvalue weighted by atomic mass is 16.5. The monoisotopic (exact) mass is 313 g/mol. The minimum Gasteiger partial charge on any atom is -0.492 e. The zero-order valence-electron chi connectivity index (χ0n) is 13.6. The van der Waals surface area contributed by atoms with Crippen LogP contribution in [0, 0.1) is 13.8 Å². The molecule has 4 heteroatoms. The number of amides is 1. The molecular weight excluding hydrogens is 290 g/mol. The van der Waals surface area contributed by atoms with Crippen LogP contribution in [0.3, 0.4) is 0 Å².